The summed E-state index contributed by atoms with van der Waals surface area (Å²) in [5, 5.41) is 0. The van der Waals surface area contributed by atoms with E-state index in [9.17, 15) is 0 Å². The molecule has 0 aliphatic heterocycles. The van der Waals surface area contributed by atoms with Crippen LogP contribution in [-0.4, -0.2) is 0 Å². The van der Waals surface area contributed by atoms with E-state index in [1.165, 1.54) is 85.3 Å². The summed E-state index contributed by atoms with van der Waals surface area (Å²) in [5.74, 6) is 0. The lowest BCUT2D eigenvalue weighted by molar-refractivity contribution is 0.687. The summed E-state index contributed by atoms with van der Waals surface area (Å²) in [6.45, 7) is 0. The van der Waals surface area contributed by atoms with Crippen molar-refractivity contribution in [2.45, 2.75) is 31.1 Å². The van der Waals surface area contributed by atoms with Gasteiger partial charge in [-0.15, -0.1) is 0 Å². The zero-order chi connectivity index (χ0) is 35.9. The molecule has 0 amide bonds. The Morgan fingerprint density at radius 3 is 1.67 bits per heavy atom. The molecule has 1 nitrogen and oxygen atoms in total. The highest BCUT2D eigenvalue weighted by molar-refractivity contribution is 5.99. The SMILES string of the molecule is c1ccc(-c2ccccc2N(c2ccccc2)c2cc3c(cc2-c2cccc4c2CCCC4)-c2ccccc2C3(c2ccccc2)c2ccccc2)cc1. The van der Waals surface area contributed by atoms with Crippen LogP contribution >= 0.6 is 0 Å². The van der Waals surface area contributed by atoms with Crippen LogP contribution < -0.4 is 4.90 Å². The Morgan fingerprint density at radius 2 is 0.944 bits per heavy atom. The zero-order valence-electron chi connectivity index (χ0n) is 30.3. The molecular weight excluding hydrogens is 651 g/mol. The lowest BCUT2D eigenvalue weighted by Gasteiger charge is -2.36. The fourth-order valence-electron chi connectivity index (χ4n) is 9.43. The van der Waals surface area contributed by atoms with Crippen molar-refractivity contribution in [3.8, 4) is 33.4 Å². The highest BCUT2D eigenvalue weighted by Gasteiger charge is 2.47. The van der Waals surface area contributed by atoms with Gasteiger partial charge in [0, 0.05) is 16.8 Å². The van der Waals surface area contributed by atoms with Crippen LogP contribution in [0.3, 0.4) is 0 Å². The number of rotatable bonds is 7. The molecule has 8 aromatic rings. The molecule has 0 N–H and O–H groups in total. The summed E-state index contributed by atoms with van der Waals surface area (Å²) in [7, 11) is 0. The third kappa shape index (κ3) is 5.15. The van der Waals surface area contributed by atoms with Crippen LogP contribution in [0, 0.1) is 0 Å². The summed E-state index contributed by atoms with van der Waals surface area (Å²) in [6.07, 6.45) is 4.70. The lowest BCUT2D eigenvalue weighted by Crippen LogP contribution is -2.28. The molecule has 0 spiro atoms. The molecule has 0 heterocycles. The Kier molecular flexibility index (Phi) is 8.07. The van der Waals surface area contributed by atoms with Crippen LogP contribution in [0.15, 0.2) is 200 Å². The van der Waals surface area contributed by atoms with Crippen molar-refractivity contribution < 1.29 is 0 Å². The topological polar surface area (TPSA) is 3.24 Å². The van der Waals surface area contributed by atoms with Crippen LogP contribution in [-0.2, 0) is 18.3 Å². The molecule has 2 aliphatic rings. The lowest BCUT2D eigenvalue weighted by atomic mass is 9.67. The van der Waals surface area contributed by atoms with Gasteiger partial charge in [0.25, 0.3) is 0 Å². The number of hydrogen-bond donors (Lipinski definition) is 0. The highest BCUT2D eigenvalue weighted by Crippen LogP contribution is 2.59. The molecular formula is C53H41N. The number of anilines is 3. The molecule has 0 bridgehead atoms. The van der Waals surface area contributed by atoms with E-state index < -0.39 is 5.41 Å². The van der Waals surface area contributed by atoms with Crippen molar-refractivity contribution in [2.24, 2.45) is 0 Å². The molecule has 0 unspecified atom stereocenters. The summed E-state index contributed by atoms with van der Waals surface area (Å²) in [4.78, 5) is 2.53. The van der Waals surface area contributed by atoms with Crippen LogP contribution in [0.4, 0.5) is 17.1 Å². The molecule has 258 valence electrons. The molecule has 8 aromatic carbocycles. The summed E-state index contributed by atoms with van der Waals surface area (Å²) < 4.78 is 0. The Bertz CT molecular complexity index is 2550. The summed E-state index contributed by atoms with van der Waals surface area (Å²) in [6, 6.07) is 74.3. The second-order valence-corrected chi connectivity index (χ2v) is 14.6. The Balaban J connectivity index is 1.36. The van der Waals surface area contributed by atoms with E-state index in [1.807, 2.05) is 0 Å². The van der Waals surface area contributed by atoms with Gasteiger partial charge < -0.3 is 4.90 Å². The summed E-state index contributed by atoms with van der Waals surface area (Å²) >= 11 is 0. The molecule has 0 aromatic heterocycles. The van der Waals surface area contributed by atoms with Gasteiger partial charge in [-0.3, -0.25) is 0 Å². The first-order valence-electron chi connectivity index (χ1n) is 19.3. The second kappa shape index (κ2) is 13.5. The molecule has 2 aliphatic carbocycles. The average Bonchev–Trinajstić information content (AvgIpc) is 3.55. The van der Waals surface area contributed by atoms with E-state index >= 15 is 0 Å². The van der Waals surface area contributed by atoms with Crippen molar-refractivity contribution in [1.29, 1.82) is 0 Å². The van der Waals surface area contributed by atoms with E-state index in [0.29, 0.717) is 0 Å². The van der Waals surface area contributed by atoms with Crippen LogP contribution in [0.2, 0.25) is 0 Å². The molecule has 0 atom stereocenters. The predicted molar refractivity (Wildman–Crippen MR) is 226 cm³/mol. The number of hydrogen-bond acceptors (Lipinski definition) is 1. The molecule has 0 fully saturated rings. The maximum Gasteiger partial charge on any atom is 0.0714 e. The van der Waals surface area contributed by atoms with Crippen LogP contribution in [0.1, 0.15) is 46.2 Å². The normalized spacial score (nSPS) is 13.8. The largest absolute Gasteiger partial charge is 0.309 e. The first-order valence-corrected chi connectivity index (χ1v) is 19.3. The van der Waals surface area contributed by atoms with Crippen LogP contribution in [0.25, 0.3) is 33.4 Å². The maximum absolute atomic E-state index is 2.56. The molecule has 54 heavy (non-hydrogen) atoms. The van der Waals surface area contributed by atoms with E-state index in [2.05, 4.69) is 205 Å². The number of benzene rings is 8. The van der Waals surface area contributed by atoms with Crippen LogP contribution in [0.5, 0.6) is 0 Å². The van der Waals surface area contributed by atoms with Gasteiger partial charge in [-0.05, 0) is 112 Å². The van der Waals surface area contributed by atoms with Gasteiger partial charge in [0.1, 0.15) is 0 Å². The Morgan fingerprint density at radius 1 is 0.370 bits per heavy atom. The third-order valence-electron chi connectivity index (χ3n) is 11.7. The highest BCUT2D eigenvalue weighted by atomic mass is 15.1. The van der Waals surface area contributed by atoms with Crippen molar-refractivity contribution in [3.63, 3.8) is 0 Å². The second-order valence-electron chi connectivity index (χ2n) is 14.6. The fourth-order valence-corrected chi connectivity index (χ4v) is 9.43. The molecule has 0 saturated heterocycles. The number of nitrogens with zero attached hydrogens (tertiary/aromatic N) is 1. The standard InChI is InChI=1S/C53H41N/c1-5-20-39(21-6-1)44-31-16-18-35-51(44)54(42-28-11-4-12-29-42)52-37-50-47(36-48(52)45-33-19-23-38-22-13-14-30-43(38)45)46-32-15-17-34-49(46)53(50,40-24-7-2-8-25-40)41-26-9-3-10-27-41/h1-12,15-21,23-29,31-37H,13-14,22,30H2. The molecule has 1 heteroatoms. The predicted octanol–water partition coefficient (Wildman–Crippen LogP) is 13.7. The smallest absolute Gasteiger partial charge is 0.0714 e. The van der Waals surface area contributed by atoms with E-state index in [4.69, 9.17) is 0 Å². The minimum atomic E-state index is -0.515. The van der Waals surface area contributed by atoms with E-state index in [1.54, 1.807) is 0 Å². The van der Waals surface area contributed by atoms with Crippen molar-refractivity contribution in [1.82, 2.24) is 0 Å². The first kappa shape index (κ1) is 32.2. The van der Waals surface area contributed by atoms with Crippen molar-refractivity contribution >= 4 is 17.1 Å². The third-order valence-corrected chi connectivity index (χ3v) is 11.7. The van der Waals surface area contributed by atoms with Gasteiger partial charge in [0.15, 0.2) is 0 Å². The van der Waals surface area contributed by atoms with Gasteiger partial charge in [0.05, 0.1) is 16.8 Å². The number of para-hydroxylation sites is 2. The first-order chi connectivity index (χ1) is 26.8. The van der Waals surface area contributed by atoms with Crippen molar-refractivity contribution in [3.05, 3.63) is 234 Å². The molecule has 0 saturated carbocycles. The number of fused-ring (bicyclic) bond motifs is 4. The summed E-state index contributed by atoms with van der Waals surface area (Å²) in [5.41, 5.74) is 18.7. The van der Waals surface area contributed by atoms with Gasteiger partial charge in [-0.25, -0.2) is 0 Å². The Labute approximate surface area is 318 Å². The molecule has 0 radical (unpaired) electrons. The van der Waals surface area contributed by atoms with Gasteiger partial charge in [0.2, 0.25) is 0 Å². The average molecular weight is 692 g/mol. The number of aryl methyl sites for hydroxylation is 1. The van der Waals surface area contributed by atoms with Gasteiger partial charge in [-0.2, -0.15) is 0 Å². The zero-order valence-corrected chi connectivity index (χ0v) is 30.3. The van der Waals surface area contributed by atoms with E-state index in [0.717, 1.165) is 24.2 Å². The minimum Gasteiger partial charge on any atom is -0.309 e. The quantitative estimate of drug-likeness (QED) is 0.161. The van der Waals surface area contributed by atoms with E-state index in [-0.39, 0.29) is 0 Å². The molecule has 10 rings (SSSR count). The monoisotopic (exact) mass is 691 g/mol. The minimum absolute atomic E-state index is 0.515. The Hall–Kier alpha value is -6.44. The van der Waals surface area contributed by atoms with Gasteiger partial charge >= 0.3 is 0 Å². The maximum atomic E-state index is 2.56. The van der Waals surface area contributed by atoms with Crippen molar-refractivity contribution in [2.75, 3.05) is 4.90 Å². The van der Waals surface area contributed by atoms with Gasteiger partial charge in [-0.1, -0.05) is 170 Å². The fraction of sp³-hybridized carbons (Fsp3) is 0.0943.